The first-order valence-corrected chi connectivity index (χ1v) is 7.70. The van der Waals surface area contributed by atoms with E-state index in [0.717, 1.165) is 12.3 Å². The van der Waals surface area contributed by atoms with E-state index >= 15 is 0 Å². The lowest BCUT2D eigenvalue weighted by molar-refractivity contribution is 0.372. The number of benzene rings is 1. The van der Waals surface area contributed by atoms with Gasteiger partial charge in [-0.05, 0) is 61.4 Å². The molecule has 0 fully saturated rings. The molecule has 1 aromatic rings. The van der Waals surface area contributed by atoms with E-state index < -0.39 is 0 Å². The molecule has 0 bridgehead atoms. The van der Waals surface area contributed by atoms with Gasteiger partial charge in [0, 0.05) is 6.04 Å². The summed E-state index contributed by atoms with van der Waals surface area (Å²) in [5, 5.41) is 3.69. The van der Waals surface area contributed by atoms with Crippen LogP contribution in [0.25, 0.3) is 0 Å². The molecule has 0 radical (unpaired) electrons. The molecule has 2 unspecified atom stereocenters. The van der Waals surface area contributed by atoms with Gasteiger partial charge in [-0.25, -0.2) is 0 Å². The first-order chi connectivity index (χ1) is 9.30. The SMILES string of the molecule is CCCC(NCC)C1CCCc2ccc(OC)cc21. The van der Waals surface area contributed by atoms with Crippen LogP contribution in [0.2, 0.25) is 0 Å². The summed E-state index contributed by atoms with van der Waals surface area (Å²) in [5.74, 6) is 1.65. The summed E-state index contributed by atoms with van der Waals surface area (Å²) < 4.78 is 5.41. The highest BCUT2D eigenvalue weighted by molar-refractivity contribution is 5.40. The predicted octanol–water partition coefficient (Wildman–Crippen LogP) is 3.89. The zero-order chi connectivity index (χ0) is 13.7. The second-order valence-electron chi connectivity index (χ2n) is 5.52. The number of rotatable bonds is 6. The number of hydrogen-bond donors (Lipinski definition) is 1. The van der Waals surface area contributed by atoms with Crippen LogP contribution in [-0.2, 0) is 6.42 Å². The highest BCUT2D eigenvalue weighted by Gasteiger charge is 2.27. The molecule has 0 amide bonds. The molecule has 2 rings (SSSR count). The van der Waals surface area contributed by atoms with Crippen LogP contribution < -0.4 is 10.1 Å². The number of nitrogens with one attached hydrogen (secondary N) is 1. The lowest BCUT2D eigenvalue weighted by Gasteiger charge is -2.33. The van der Waals surface area contributed by atoms with Gasteiger partial charge in [0.25, 0.3) is 0 Å². The first-order valence-electron chi connectivity index (χ1n) is 7.70. The highest BCUT2D eigenvalue weighted by Crippen LogP contribution is 2.37. The van der Waals surface area contributed by atoms with Crippen LogP contribution in [0.4, 0.5) is 0 Å². The van der Waals surface area contributed by atoms with Crippen molar-refractivity contribution in [3.8, 4) is 5.75 Å². The smallest absolute Gasteiger partial charge is 0.119 e. The summed E-state index contributed by atoms with van der Waals surface area (Å²) >= 11 is 0. The maximum atomic E-state index is 5.41. The molecule has 0 aliphatic heterocycles. The Labute approximate surface area is 117 Å². The van der Waals surface area contributed by atoms with Crippen LogP contribution in [0.3, 0.4) is 0 Å². The zero-order valence-corrected chi connectivity index (χ0v) is 12.5. The summed E-state index contributed by atoms with van der Waals surface area (Å²) in [6, 6.07) is 7.23. The van der Waals surface area contributed by atoms with Crippen molar-refractivity contribution in [2.45, 2.75) is 57.9 Å². The van der Waals surface area contributed by atoms with Crippen molar-refractivity contribution in [2.24, 2.45) is 0 Å². The van der Waals surface area contributed by atoms with E-state index in [9.17, 15) is 0 Å². The van der Waals surface area contributed by atoms with Gasteiger partial charge >= 0.3 is 0 Å². The molecule has 0 saturated heterocycles. The minimum Gasteiger partial charge on any atom is -0.497 e. The second kappa shape index (κ2) is 6.95. The van der Waals surface area contributed by atoms with E-state index in [0.29, 0.717) is 12.0 Å². The molecule has 2 atom stereocenters. The Morgan fingerprint density at radius 3 is 2.89 bits per heavy atom. The molecule has 0 spiro atoms. The van der Waals surface area contributed by atoms with Crippen molar-refractivity contribution in [1.82, 2.24) is 5.32 Å². The fourth-order valence-corrected chi connectivity index (χ4v) is 3.38. The van der Waals surface area contributed by atoms with Crippen LogP contribution >= 0.6 is 0 Å². The van der Waals surface area contributed by atoms with Crippen molar-refractivity contribution >= 4 is 0 Å². The minimum absolute atomic E-state index is 0.612. The van der Waals surface area contributed by atoms with E-state index in [1.807, 2.05) is 0 Å². The number of likely N-dealkylation sites (N-methyl/N-ethyl adjacent to an activating group) is 1. The molecule has 0 aromatic heterocycles. The lowest BCUT2D eigenvalue weighted by atomic mass is 9.77. The Morgan fingerprint density at radius 1 is 1.37 bits per heavy atom. The lowest BCUT2D eigenvalue weighted by Crippen LogP contribution is -2.36. The molecule has 1 aromatic carbocycles. The summed E-state index contributed by atoms with van der Waals surface area (Å²) in [6.07, 6.45) is 6.34. The van der Waals surface area contributed by atoms with Crippen molar-refractivity contribution in [1.29, 1.82) is 0 Å². The molecule has 0 saturated carbocycles. The molecule has 0 heterocycles. The van der Waals surface area contributed by atoms with Crippen LogP contribution in [0, 0.1) is 0 Å². The van der Waals surface area contributed by atoms with E-state index in [2.05, 4.69) is 37.4 Å². The number of fused-ring (bicyclic) bond motifs is 1. The molecule has 1 N–H and O–H groups in total. The number of aryl methyl sites for hydroxylation is 1. The van der Waals surface area contributed by atoms with E-state index in [4.69, 9.17) is 4.74 Å². The van der Waals surface area contributed by atoms with Crippen LogP contribution in [0.1, 0.15) is 56.6 Å². The molecule has 1 aliphatic carbocycles. The highest BCUT2D eigenvalue weighted by atomic mass is 16.5. The van der Waals surface area contributed by atoms with Gasteiger partial charge in [0.1, 0.15) is 5.75 Å². The molecular formula is C17H27NO. The van der Waals surface area contributed by atoms with Gasteiger partial charge in [-0.3, -0.25) is 0 Å². The molecule has 2 heteroatoms. The normalized spacial score (nSPS) is 19.8. The standard InChI is InChI=1S/C17H27NO/c1-4-7-17(18-5-2)15-9-6-8-13-10-11-14(19-3)12-16(13)15/h10-12,15,17-18H,4-9H2,1-3H3. The van der Waals surface area contributed by atoms with Crippen molar-refractivity contribution in [3.05, 3.63) is 29.3 Å². The Balaban J connectivity index is 2.27. The summed E-state index contributed by atoms with van der Waals surface area (Å²) in [7, 11) is 1.76. The average molecular weight is 261 g/mol. The predicted molar refractivity (Wildman–Crippen MR) is 81.0 cm³/mol. The maximum Gasteiger partial charge on any atom is 0.119 e. The van der Waals surface area contributed by atoms with Gasteiger partial charge in [-0.1, -0.05) is 26.3 Å². The third-order valence-electron chi connectivity index (χ3n) is 4.27. The molecule has 1 aliphatic rings. The van der Waals surface area contributed by atoms with Crippen LogP contribution in [-0.4, -0.2) is 19.7 Å². The first kappa shape index (κ1) is 14.4. The zero-order valence-electron chi connectivity index (χ0n) is 12.5. The molecular weight excluding hydrogens is 234 g/mol. The van der Waals surface area contributed by atoms with E-state index in [-0.39, 0.29) is 0 Å². The largest absolute Gasteiger partial charge is 0.497 e. The van der Waals surface area contributed by atoms with Gasteiger partial charge in [0.05, 0.1) is 7.11 Å². The minimum atomic E-state index is 0.612. The van der Waals surface area contributed by atoms with Crippen LogP contribution in [0.15, 0.2) is 18.2 Å². The van der Waals surface area contributed by atoms with Crippen molar-refractivity contribution < 1.29 is 4.74 Å². The fraction of sp³-hybridized carbons (Fsp3) is 0.647. The molecule has 106 valence electrons. The summed E-state index contributed by atoms with van der Waals surface area (Å²) in [6.45, 7) is 5.54. The summed E-state index contributed by atoms with van der Waals surface area (Å²) in [5.41, 5.74) is 3.04. The van der Waals surface area contributed by atoms with Crippen LogP contribution in [0.5, 0.6) is 5.75 Å². The Morgan fingerprint density at radius 2 is 2.21 bits per heavy atom. The number of methoxy groups -OCH3 is 1. The van der Waals surface area contributed by atoms with Crippen molar-refractivity contribution in [2.75, 3.05) is 13.7 Å². The van der Waals surface area contributed by atoms with Gasteiger partial charge in [-0.2, -0.15) is 0 Å². The number of hydrogen-bond acceptors (Lipinski definition) is 2. The third-order valence-corrected chi connectivity index (χ3v) is 4.27. The maximum absolute atomic E-state index is 5.41. The van der Waals surface area contributed by atoms with Gasteiger partial charge < -0.3 is 10.1 Å². The molecule has 2 nitrogen and oxygen atoms in total. The topological polar surface area (TPSA) is 21.3 Å². The fourth-order valence-electron chi connectivity index (χ4n) is 3.38. The van der Waals surface area contributed by atoms with E-state index in [1.54, 1.807) is 7.11 Å². The summed E-state index contributed by atoms with van der Waals surface area (Å²) in [4.78, 5) is 0. The monoisotopic (exact) mass is 261 g/mol. The van der Waals surface area contributed by atoms with Gasteiger partial charge in [0.2, 0.25) is 0 Å². The Bertz CT molecular complexity index is 396. The quantitative estimate of drug-likeness (QED) is 0.838. The molecule has 19 heavy (non-hydrogen) atoms. The van der Waals surface area contributed by atoms with Crippen molar-refractivity contribution in [3.63, 3.8) is 0 Å². The van der Waals surface area contributed by atoms with E-state index in [1.165, 1.54) is 43.2 Å². The Hall–Kier alpha value is -1.02. The second-order valence-corrected chi connectivity index (χ2v) is 5.52. The average Bonchev–Trinajstić information content (AvgIpc) is 2.46. The number of ether oxygens (including phenoxy) is 1. The van der Waals surface area contributed by atoms with Gasteiger partial charge in [-0.15, -0.1) is 0 Å². The Kier molecular flexibility index (Phi) is 5.26. The third kappa shape index (κ3) is 3.30. The van der Waals surface area contributed by atoms with Gasteiger partial charge in [0.15, 0.2) is 0 Å².